The number of hydrogen-bond donors (Lipinski definition) is 1. The third-order valence-electron chi connectivity index (χ3n) is 5.35. The first-order chi connectivity index (χ1) is 10.7. The molecule has 5 heteroatoms. The number of imidazole rings is 1. The molecule has 0 unspecified atom stereocenters. The Morgan fingerprint density at radius 2 is 2.27 bits per heavy atom. The number of aryl methyl sites for hydroxylation is 1. The van der Waals surface area contributed by atoms with Gasteiger partial charge in [-0.2, -0.15) is 0 Å². The molecule has 2 saturated heterocycles. The number of ether oxygens (including phenoxy) is 1. The topological polar surface area (TPSA) is 42.3 Å². The van der Waals surface area contributed by atoms with Gasteiger partial charge in [-0.1, -0.05) is 13.8 Å². The van der Waals surface area contributed by atoms with Crippen molar-refractivity contribution in [2.75, 3.05) is 26.2 Å². The molecule has 0 aromatic carbocycles. The number of hydrogen-bond acceptors (Lipinski definition) is 4. The Hall–Kier alpha value is -0.910. The molecule has 0 aliphatic carbocycles. The van der Waals surface area contributed by atoms with Gasteiger partial charge in [0.25, 0.3) is 0 Å². The number of piperidine rings is 1. The fourth-order valence-electron chi connectivity index (χ4n) is 3.90. The molecule has 2 aliphatic rings. The van der Waals surface area contributed by atoms with Gasteiger partial charge in [-0.05, 0) is 38.3 Å². The molecular weight excluding hydrogens is 276 g/mol. The second-order valence-electron chi connectivity index (χ2n) is 6.94. The van der Waals surface area contributed by atoms with Gasteiger partial charge in [-0.15, -0.1) is 0 Å². The summed E-state index contributed by atoms with van der Waals surface area (Å²) in [6.45, 7) is 9.12. The van der Waals surface area contributed by atoms with Crippen LogP contribution in [0.2, 0.25) is 0 Å². The molecule has 124 valence electrons. The van der Waals surface area contributed by atoms with Crippen LogP contribution in [0.3, 0.4) is 0 Å². The zero-order valence-electron chi connectivity index (χ0n) is 14.2. The number of aromatic nitrogens is 2. The average molecular weight is 306 g/mol. The van der Waals surface area contributed by atoms with Crippen molar-refractivity contribution in [2.45, 2.75) is 51.3 Å². The van der Waals surface area contributed by atoms with E-state index in [1.54, 1.807) is 0 Å². The van der Waals surface area contributed by atoms with Gasteiger partial charge in [-0.25, -0.2) is 4.98 Å². The first-order valence-corrected chi connectivity index (χ1v) is 8.73. The van der Waals surface area contributed by atoms with E-state index < -0.39 is 0 Å². The maximum Gasteiger partial charge on any atom is 0.100 e. The largest absolute Gasteiger partial charge is 0.372 e. The van der Waals surface area contributed by atoms with Crippen LogP contribution in [0.4, 0.5) is 0 Å². The fourth-order valence-corrected chi connectivity index (χ4v) is 3.90. The molecule has 0 spiro atoms. The fraction of sp³-hybridized carbons (Fsp3) is 0.824. The number of likely N-dealkylation sites (tertiary alicyclic amines) is 1. The van der Waals surface area contributed by atoms with Crippen LogP contribution in [-0.4, -0.2) is 52.8 Å². The molecule has 22 heavy (non-hydrogen) atoms. The maximum atomic E-state index is 5.97. The van der Waals surface area contributed by atoms with Gasteiger partial charge in [0.2, 0.25) is 0 Å². The third kappa shape index (κ3) is 3.53. The lowest BCUT2D eigenvalue weighted by Crippen LogP contribution is -2.52. The first kappa shape index (κ1) is 16.0. The summed E-state index contributed by atoms with van der Waals surface area (Å²) < 4.78 is 8.05. The minimum Gasteiger partial charge on any atom is -0.372 e. The zero-order chi connectivity index (χ0) is 15.5. The van der Waals surface area contributed by atoms with Crippen molar-refractivity contribution in [3.8, 4) is 0 Å². The molecule has 0 saturated carbocycles. The smallest absolute Gasteiger partial charge is 0.100 e. The Kier molecular flexibility index (Phi) is 5.16. The van der Waals surface area contributed by atoms with Crippen LogP contribution in [0.25, 0.3) is 0 Å². The van der Waals surface area contributed by atoms with Crippen molar-refractivity contribution in [1.82, 2.24) is 19.8 Å². The van der Waals surface area contributed by atoms with E-state index in [0.29, 0.717) is 12.1 Å². The average Bonchev–Trinajstić information content (AvgIpc) is 2.96. The van der Waals surface area contributed by atoms with E-state index in [9.17, 15) is 0 Å². The van der Waals surface area contributed by atoms with E-state index >= 15 is 0 Å². The monoisotopic (exact) mass is 306 g/mol. The highest BCUT2D eigenvalue weighted by Crippen LogP contribution is 2.29. The summed E-state index contributed by atoms with van der Waals surface area (Å²) in [6, 6.07) is 1.22. The Labute approximate surface area is 134 Å². The van der Waals surface area contributed by atoms with E-state index in [4.69, 9.17) is 4.74 Å². The molecule has 2 fully saturated rings. The summed E-state index contributed by atoms with van der Waals surface area (Å²) in [7, 11) is 2.05. The number of rotatable bonds is 4. The van der Waals surface area contributed by atoms with Gasteiger partial charge < -0.3 is 19.5 Å². The van der Waals surface area contributed by atoms with Crippen molar-refractivity contribution in [1.29, 1.82) is 0 Å². The number of nitrogens with one attached hydrogen (secondary N) is 1. The van der Waals surface area contributed by atoms with Crippen LogP contribution in [0, 0.1) is 5.92 Å². The van der Waals surface area contributed by atoms with Crippen molar-refractivity contribution >= 4 is 0 Å². The van der Waals surface area contributed by atoms with Gasteiger partial charge in [0.15, 0.2) is 0 Å². The predicted molar refractivity (Wildman–Crippen MR) is 87.7 cm³/mol. The lowest BCUT2D eigenvalue weighted by molar-refractivity contribution is -0.00906. The summed E-state index contributed by atoms with van der Waals surface area (Å²) >= 11 is 0. The van der Waals surface area contributed by atoms with Crippen LogP contribution in [-0.2, 0) is 11.8 Å². The molecule has 5 nitrogen and oxygen atoms in total. The van der Waals surface area contributed by atoms with Crippen LogP contribution in [0.1, 0.15) is 44.9 Å². The molecular formula is C17H30N4O. The SMILES string of the molecule is CCN1CC[C@H](N[C@@H]2CCO[C@@H](c3cncn3C)C2)[C@H](C)C1. The molecule has 0 amide bonds. The van der Waals surface area contributed by atoms with Crippen molar-refractivity contribution in [3.05, 3.63) is 18.2 Å². The van der Waals surface area contributed by atoms with Crippen molar-refractivity contribution in [3.63, 3.8) is 0 Å². The van der Waals surface area contributed by atoms with Gasteiger partial charge in [0.05, 0.1) is 18.2 Å². The highest BCUT2D eigenvalue weighted by molar-refractivity contribution is 5.04. The highest BCUT2D eigenvalue weighted by Gasteiger charge is 2.31. The normalized spacial score (nSPS) is 34.0. The first-order valence-electron chi connectivity index (χ1n) is 8.73. The molecule has 4 atom stereocenters. The Balaban J connectivity index is 1.56. The molecule has 2 aliphatic heterocycles. The summed E-state index contributed by atoms with van der Waals surface area (Å²) in [4.78, 5) is 6.79. The van der Waals surface area contributed by atoms with Crippen molar-refractivity contribution < 1.29 is 4.74 Å². The van der Waals surface area contributed by atoms with Crippen LogP contribution in [0.15, 0.2) is 12.5 Å². The third-order valence-corrected chi connectivity index (χ3v) is 5.35. The second kappa shape index (κ2) is 7.11. The zero-order valence-corrected chi connectivity index (χ0v) is 14.2. The summed E-state index contributed by atoms with van der Waals surface area (Å²) in [5.41, 5.74) is 1.19. The van der Waals surface area contributed by atoms with Gasteiger partial charge >= 0.3 is 0 Å². The van der Waals surface area contributed by atoms with E-state index in [0.717, 1.165) is 25.4 Å². The van der Waals surface area contributed by atoms with Crippen LogP contribution < -0.4 is 5.32 Å². The van der Waals surface area contributed by atoms with E-state index in [-0.39, 0.29) is 6.10 Å². The van der Waals surface area contributed by atoms with E-state index in [2.05, 4.69) is 33.6 Å². The predicted octanol–water partition coefficient (Wildman–Crippen LogP) is 1.96. The Morgan fingerprint density at radius 1 is 1.41 bits per heavy atom. The molecule has 1 aromatic heterocycles. The van der Waals surface area contributed by atoms with Crippen LogP contribution >= 0.6 is 0 Å². The highest BCUT2D eigenvalue weighted by atomic mass is 16.5. The summed E-state index contributed by atoms with van der Waals surface area (Å²) in [5, 5.41) is 3.93. The molecule has 1 aromatic rings. The molecule has 1 N–H and O–H groups in total. The summed E-state index contributed by atoms with van der Waals surface area (Å²) in [6.07, 6.45) is 7.43. The molecule has 0 radical (unpaired) electrons. The minimum absolute atomic E-state index is 0.185. The molecule has 3 rings (SSSR count). The maximum absolute atomic E-state index is 5.97. The number of nitrogens with zero attached hydrogens (tertiary/aromatic N) is 3. The van der Waals surface area contributed by atoms with Crippen LogP contribution in [0.5, 0.6) is 0 Å². The van der Waals surface area contributed by atoms with E-state index in [1.165, 1.54) is 31.7 Å². The summed E-state index contributed by atoms with van der Waals surface area (Å²) in [5.74, 6) is 0.728. The van der Waals surface area contributed by atoms with Gasteiger partial charge in [0.1, 0.15) is 6.10 Å². The van der Waals surface area contributed by atoms with Gasteiger partial charge in [0, 0.05) is 32.3 Å². The Morgan fingerprint density at radius 3 is 2.95 bits per heavy atom. The lowest BCUT2D eigenvalue weighted by atomic mass is 9.91. The molecule has 3 heterocycles. The van der Waals surface area contributed by atoms with Gasteiger partial charge in [-0.3, -0.25) is 0 Å². The lowest BCUT2D eigenvalue weighted by Gasteiger charge is -2.40. The second-order valence-corrected chi connectivity index (χ2v) is 6.94. The Bertz CT molecular complexity index is 475. The minimum atomic E-state index is 0.185. The standard InChI is InChI=1S/C17H30N4O/c1-4-21-7-5-15(13(2)11-21)19-14-6-8-22-17(9-14)16-10-18-12-20(16)3/h10,12-15,17,19H,4-9,11H2,1-3H3/t13-,14-,15+,17-/m1/s1. The van der Waals surface area contributed by atoms with Crippen molar-refractivity contribution in [2.24, 2.45) is 13.0 Å². The molecule has 0 bridgehead atoms. The quantitative estimate of drug-likeness (QED) is 0.923. The van der Waals surface area contributed by atoms with E-state index in [1.807, 2.05) is 19.6 Å².